The molecule has 0 radical (unpaired) electrons. The molecule has 2 aliphatic heterocycles. The number of carbonyl (C=O) groups excluding carboxylic acids is 2. The van der Waals surface area contributed by atoms with Gasteiger partial charge in [0.2, 0.25) is 11.8 Å². The quantitative estimate of drug-likeness (QED) is 0.445. The minimum absolute atomic E-state index is 0.00111. The molecule has 38 heavy (non-hydrogen) atoms. The maximum atomic E-state index is 13.9. The first-order valence-electron chi connectivity index (χ1n) is 14.2. The van der Waals surface area contributed by atoms with Gasteiger partial charge in [0.05, 0.1) is 6.04 Å². The molecule has 2 saturated heterocycles. The molecule has 206 valence electrons. The van der Waals surface area contributed by atoms with Crippen molar-refractivity contribution < 1.29 is 14.3 Å². The van der Waals surface area contributed by atoms with Gasteiger partial charge in [-0.1, -0.05) is 56.3 Å². The van der Waals surface area contributed by atoms with Crippen molar-refractivity contribution in [3.05, 3.63) is 65.7 Å². The van der Waals surface area contributed by atoms with Crippen LogP contribution in [0.1, 0.15) is 57.1 Å². The highest BCUT2D eigenvalue weighted by molar-refractivity contribution is 5.90. The van der Waals surface area contributed by atoms with E-state index in [0.717, 1.165) is 55.9 Å². The molecule has 0 spiro atoms. The topological polar surface area (TPSA) is 87.9 Å². The van der Waals surface area contributed by atoms with Crippen LogP contribution in [0, 0.1) is 5.92 Å². The molecule has 3 N–H and O–H groups in total. The van der Waals surface area contributed by atoms with Crippen LogP contribution in [0.4, 0.5) is 0 Å². The van der Waals surface area contributed by atoms with E-state index in [2.05, 4.69) is 10.2 Å². The highest BCUT2D eigenvalue weighted by Crippen LogP contribution is 2.23. The molecule has 0 bridgehead atoms. The normalized spacial score (nSPS) is 19.5. The second-order valence-corrected chi connectivity index (χ2v) is 11.3. The molecule has 7 nitrogen and oxygen atoms in total. The van der Waals surface area contributed by atoms with Crippen molar-refractivity contribution in [2.75, 3.05) is 26.2 Å². The molecule has 0 saturated carbocycles. The number of hydrogen-bond acceptors (Lipinski definition) is 5. The maximum Gasteiger partial charge on any atom is 0.245 e. The van der Waals surface area contributed by atoms with E-state index in [9.17, 15) is 9.59 Å². The van der Waals surface area contributed by atoms with Gasteiger partial charge in [-0.25, -0.2) is 0 Å². The van der Waals surface area contributed by atoms with Crippen LogP contribution in [0.25, 0.3) is 0 Å². The molecule has 2 fully saturated rings. The summed E-state index contributed by atoms with van der Waals surface area (Å²) in [5.74, 6) is 0.821. The van der Waals surface area contributed by atoms with E-state index >= 15 is 0 Å². The Balaban J connectivity index is 1.43. The third-order valence-corrected chi connectivity index (χ3v) is 7.62. The number of ether oxygens (including phenoxy) is 1. The molecule has 3 unspecified atom stereocenters. The fourth-order valence-corrected chi connectivity index (χ4v) is 5.57. The van der Waals surface area contributed by atoms with Crippen LogP contribution in [0.3, 0.4) is 0 Å². The lowest BCUT2D eigenvalue weighted by Crippen LogP contribution is -2.55. The predicted octanol–water partition coefficient (Wildman–Crippen LogP) is 3.75. The zero-order valence-corrected chi connectivity index (χ0v) is 23.0. The van der Waals surface area contributed by atoms with Crippen molar-refractivity contribution in [1.29, 1.82) is 0 Å². The van der Waals surface area contributed by atoms with E-state index in [-0.39, 0.29) is 17.9 Å². The van der Waals surface area contributed by atoms with Crippen LogP contribution in [0.15, 0.2) is 54.6 Å². The summed E-state index contributed by atoms with van der Waals surface area (Å²) in [7, 11) is 0. The molecule has 0 aliphatic carbocycles. The SMILES string of the molecule is CC(C)CC(N)C(=O)NC(Cc1ccc(OCc2ccccc2)cc1)C(=O)N1CCCC1CN1CCCC1. The number of rotatable bonds is 12. The molecule has 2 aromatic carbocycles. The first kappa shape index (κ1) is 28.1. The largest absolute Gasteiger partial charge is 0.489 e. The monoisotopic (exact) mass is 520 g/mol. The third kappa shape index (κ3) is 8.05. The minimum Gasteiger partial charge on any atom is -0.489 e. The van der Waals surface area contributed by atoms with Gasteiger partial charge in [0, 0.05) is 25.6 Å². The van der Waals surface area contributed by atoms with Crippen LogP contribution in [0.5, 0.6) is 5.75 Å². The molecular formula is C31H44N4O3. The van der Waals surface area contributed by atoms with Crippen molar-refractivity contribution in [3.63, 3.8) is 0 Å². The molecule has 0 aromatic heterocycles. The van der Waals surface area contributed by atoms with E-state index in [4.69, 9.17) is 10.5 Å². The Labute approximate surface area is 227 Å². The summed E-state index contributed by atoms with van der Waals surface area (Å²) >= 11 is 0. The predicted molar refractivity (Wildman–Crippen MR) is 151 cm³/mol. The Kier molecular flexibility index (Phi) is 10.2. The van der Waals surface area contributed by atoms with Crippen molar-refractivity contribution in [2.45, 2.75) is 77.1 Å². The fraction of sp³-hybridized carbons (Fsp3) is 0.548. The van der Waals surface area contributed by atoms with Crippen LogP contribution >= 0.6 is 0 Å². The summed E-state index contributed by atoms with van der Waals surface area (Å²) in [4.78, 5) is 31.3. The molecule has 2 aliphatic rings. The zero-order chi connectivity index (χ0) is 26.9. The van der Waals surface area contributed by atoms with Crippen molar-refractivity contribution in [1.82, 2.24) is 15.1 Å². The van der Waals surface area contributed by atoms with E-state index < -0.39 is 12.1 Å². The van der Waals surface area contributed by atoms with Crippen LogP contribution in [0.2, 0.25) is 0 Å². The van der Waals surface area contributed by atoms with E-state index in [1.54, 1.807) is 0 Å². The molecule has 4 rings (SSSR count). The van der Waals surface area contributed by atoms with Crippen molar-refractivity contribution in [2.24, 2.45) is 11.7 Å². The number of hydrogen-bond donors (Lipinski definition) is 2. The zero-order valence-electron chi connectivity index (χ0n) is 23.0. The summed E-state index contributed by atoms with van der Waals surface area (Å²) in [5, 5.41) is 3.02. The summed E-state index contributed by atoms with van der Waals surface area (Å²) in [5.41, 5.74) is 8.27. The molecule has 2 aromatic rings. The summed E-state index contributed by atoms with van der Waals surface area (Å²) < 4.78 is 5.92. The van der Waals surface area contributed by atoms with E-state index in [1.165, 1.54) is 12.8 Å². The number of nitrogens with one attached hydrogen (secondary N) is 1. The number of likely N-dealkylation sites (tertiary alicyclic amines) is 2. The smallest absolute Gasteiger partial charge is 0.245 e. The lowest BCUT2D eigenvalue weighted by Gasteiger charge is -2.32. The van der Waals surface area contributed by atoms with Gasteiger partial charge in [0.1, 0.15) is 18.4 Å². The molecule has 2 amide bonds. The van der Waals surface area contributed by atoms with Crippen LogP contribution in [-0.4, -0.2) is 65.9 Å². The molecule has 7 heteroatoms. The lowest BCUT2D eigenvalue weighted by molar-refractivity contribution is -0.137. The number of nitrogens with zero attached hydrogens (tertiary/aromatic N) is 2. The number of carbonyl (C=O) groups is 2. The molecule has 2 heterocycles. The van der Waals surface area contributed by atoms with Gasteiger partial charge < -0.3 is 25.6 Å². The first-order chi connectivity index (χ1) is 18.4. The second-order valence-electron chi connectivity index (χ2n) is 11.3. The highest BCUT2D eigenvalue weighted by Gasteiger charge is 2.35. The lowest BCUT2D eigenvalue weighted by atomic mass is 10.0. The molecular weight excluding hydrogens is 476 g/mol. The van der Waals surface area contributed by atoms with E-state index in [0.29, 0.717) is 25.4 Å². The molecule has 3 atom stereocenters. The Morgan fingerprint density at radius 1 is 0.974 bits per heavy atom. The van der Waals surface area contributed by atoms with Crippen LogP contribution in [-0.2, 0) is 22.6 Å². The maximum absolute atomic E-state index is 13.9. The first-order valence-corrected chi connectivity index (χ1v) is 14.2. The van der Waals surface area contributed by atoms with Gasteiger partial charge in [-0.2, -0.15) is 0 Å². The van der Waals surface area contributed by atoms with Gasteiger partial charge in [0.15, 0.2) is 0 Å². The van der Waals surface area contributed by atoms with Gasteiger partial charge in [-0.15, -0.1) is 0 Å². The average Bonchev–Trinajstić information content (AvgIpc) is 3.60. The third-order valence-electron chi connectivity index (χ3n) is 7.62. The minimum atomic E-state index is -0.643. The number of amides is 2. The van der Waals surface area contributed by atoms with E-state index in [1.807, 2.05) is 73.3 Å². The Morgan fingerprint density at radius 3 is 2.37 bits per heavy atom. The Morgan fingerprint density at radius 2 is 1.68 bits per heavy atom. The van der Waals surface area contributed by atoms with Crippen LogP contribution < -0.4 is 15.8 Å². The van der Waals surface area contributed by atoms with Gasteiger partial charge >= 0.3 is 0 Å². The van der Waals surface area contributed by atoms with Crippen molar-refractivity contribution in [3.8, 4) is 5.75 Å². The number of nitrogens with two attached hydrogens (primary N) is 1. The second kappa shape index (κ2) is 13.8. The Bertz CT molecular complexity index is 1020. The van der Waals surface area contributed by atoms with Gasteiger partial charge in [0.25, 0.3) is 0 Å². The average molecular weight is 521 g/mol. The van der Waals surface area contributed by atoms with Crippen molar-refractivity contribution >= 4 is 11.8 Å². The summed E-state index contributed by atoms with van der Waals surface area (Å²) in [6.07, 6.45) is 5.50. The Hall–Kier alpha value is -2.90. The standard InChI is InChI=1S/C31H44N4O3/c1-23(2)19-28(32)30(36)33-29(31(37)35-18-8-11-26(35)21-34-16-6-7-17-34)20-24-12-14-27(15-13-24)38-22-25-9-4-3-5-10-25/h3-5,9-10,12-15,23,26,28-29H,6-8,11,16-22,32H2,1-2H3,(H,33,36). The van der Waals surface area contributed by atoms with Gasteiger partial charge in [-0.3, -0.25) is 9.59 Å². The number of benzene rings is 2. The fourth-order valence-electron chi connectivity index (χ4n) is 5.57. The van der Waals surface area contributed by atoms with Gasteiger partial charge in [-0.05, 0) is 74.4 Å². The summed E-state index contributed by atoms with van der Waals surface area (Å²) in [6, 6.07) is 16.8. The highest BCUT2D eigenvalue weighted by atomic mass is 16.5. The summed E-state index contributed by atoms with van der Waals surface area (Å²) in [6.45, 7) is 8.48.